The Balaban J connectivity index is 1.24. The lowest BCUT2D eigenvalue weighted by molar-refractivity contribution is 0.0693. The predicted octanol–water partition coefficient (Wildman–Crippen LogP) is 3.69. The quantitative estimate of drug-likeness (QED) is 0.564. The first-order valence-electron chi connectivity index (χ1n) is 11.4. The number of aromatic nitrogens is 2. The van der Waals surface area contributed by atoms with Gasteiger partial charge in [0.2, 0.25) is 0 Å². The molecule has 0 bridgehead atoms. The highest BCUT2D eigenvalue weighted by Gasteiger charge is 2.26. The second-order valence-electron chi connectivity index (χ2n) is 8.98. The number of hydrogen-bond acceptors (Lipinski definition) is 6. The van der Waals surface area contributed by atoms with Crippen molar-refractivity contribution in [3.8, 4) is 5.75 Å². The zero-order valence-corrected chi connectivity index (χ0v) is 19.2. The van der Waals surface area contributed by atoms with Gasteiger partial charge in [-0.25, -0.2) is 0 Å². The van der Waals surface area contributed by atoms with Gasteiger partial charge in [0, 0.05) is 43.9 Å². The molecule has 1 aliphatic carbocycles. The molecule has 1 saturated carbocycles. The SMILES string of the molecule is COCc1ccc(C(=O)N2CCOc3ccc(CN(C)Cc4cc(C5CC5)n[nH]4)cc3C2)o1. The molecule has 0 spiro atoms. The fourth-order valence-electron chi connectivity index (χ4n) is 4.29. The minimum absolute atomic E-state index is 0.137. The van der Waals surface area contributed by atoms with Gasteiger partial charge in [0.15, 0.2) is 5.76 Å². The Kier molecular flexibility index (Phi) is 6.20. The molecule has 2 aliphatic rings. The Morgan fingerprint density at radius 3 is 2.94 bits per heavy atom. The number of methoxy groups -OCH3 is 1. The summed E-state index contributed by atoms with van der Waals surface area (Å²) in [6.07, 6.45) is 2.51. The van der Waals surface area contributed by atoms with Crippen molar-refractivity contribution in [2.45, 2.75) is 45.0 Å². The van der Waals surface area contributed by atoms with E-state index in [0.717, 1.165) is 30.1 Å². The first-order chi connectivity index (χ1) is 16.1. The molecular formula is C25H30N4O4. The Hall–Kier alpha value is -3.10. The number of carbonyl (C=O) groups is 1. The van der Waals surface area contributed by atoms with Gasteiger partial charge in [-0.15, -0.1) is 0 Å². The third-order valence-electron chi connectivity index (χ3n) is 6.09. The van der Waals surface area contributed by atoms with Crippen LogP contribution >= 0.6 is 0 Å². The number of benzene rings is 1. The van der Waals surface area contributed by atoms with Gasteiger partial charge in [-0.05, 0) is 55.8 Å². The molecular weight excluding hydrogens is 420 g/mol. The molecule has 1 amide bonds. The minimum Gasteiger partial charge on any atom is -0.491 e. The van der Waals surface area contributed by atoms with Gasteiger partial charge >= 0.3 is 0 Å². The lowest BCUT2D eigenvalue weighted by Crippen LogP contribution is -2.32. The molecule has 1 aromatic carbocycles. The molecule has 174 valence electrons. The first kappa shape index (κ1) is 21.7. The summed E-state index contributed by atoms with van der Waals surface area (Å²) in [6, 6.07) is 11.9. The maximum atomic E-state index is 13.0. The fourth-order valence-corrected chi connectivity index (χ4v) is 4.29. The van der Waals surface area contributed by atoms with E-state index in [-0.39, 0.29) is 5.91 Å². The maximum Gasteiger partial charge on any atom is 0.289 e. The third kappa shape index (κ3) is 5.12. The van der Waals surface area contributed by atoms with Crippen LogP contribution in [0.5, 0.6) is 5.75 Å². The van der Waals surface area contributed by atoms with E-state index in [2.05, 4.69) is 40.3 Å². The number of aromatic amines is 1. The molecule has 1 fully saturated rings. The van der Waals surface area contributed by atoms with Gasteiger partial charge in [0.05, 0.1) is 12.2 Å². The van der Waals surface area contributed by atoms with Crippen LogP contribution in [0.1, 0.15) is 57.6 Å². The Morgan fingerprint density at radius 2 is 2.12 bits per heavy atom. The molecule has 3 heterocycles. The van der Waals surface area contributed by atoms with Crippen LogP contribution in [0.15, 0.2) is 40.8 Å². The average molecular weight is 451 g/mol. The van der Waals surface area contributed by atoms with Gasteiger partial charge in [0.25, 0.3) is 5.91 Å². The van der Waals surface area contributed by atoms with Crippen molar-refractivity contribution in [1.82, 2.24) is 20.0 Å². The Morgan fingerprint density at radius 1 is 1.24 bits per heavy atom. The highest BCUT2D eigenvalue weighted by atomic mass is 16.5. The molecule has 3 aromatic rings. The van der Waals surface area contributed by atoms with Crippen LogP contribution in [0.25, 0.3) is 0 Å². The summed E-state index contributed by atoms with van der Waals surface area (Å²) in [5.74, 6) is 2.31. The summed E-state index contributed by atoms with van der Waals surface area (Å²) >= 11 is 0. The van der Waals surface area contributed by atoms with Crippen LogP contribution in [0.3, 0.4) is 0 Å². The summed E-state index contributed by atoms with van der Waals surface area (Å²) in [5, 5.41) is 7.62. The molecule has 2 aromatic heterocycles. The fraction of sp³-hybridized carbons (Fsp3) is 0.440. The van der Waals surface area contributed by atoms with Gasteiger partial charge in [-0.3, -0.25) is 14.8 Å². The van der Waals surface area contributed by atoms with Crippen molar-refractivity contribution in [2.24, 2.45) is 0 Å². The minimum atomic E-state index is -0.137. The maximum absolute atomic E-state index is 13.0. The number of nitrogens with one attached hydrogen (secondary N) is 1. The van der Waals surface area contributed by atoms with E-state index in [0.29, 0.717) is 43.7 Å². The molecule has 0 saturated heterocycles. The van der Waals surface area contributed by atoms with Crippen molar-refractivity contribution in [3.63, 3.8) is 0 Å². The van der Waals surface area contributed by atoms with E-state index in [9.17, 15) is 4.79 Å². The van der Waals surface area contributed by atoms with Gasteiger partial charge in [-0.1, -0.05) is 6.07 Å². The predicted molar refractivity (Wildman–Crippen MR) is 122 cm³/mol. The van der Waals surface area contributed by atoms with Crippen LogP contribution in [0.2, 0.25) is 0 Å². The highest BCUT2D eigenvalue weighted by molar-refractivity contribution is 5.91. The Bertz CT molecular complexity index is 1120. The molecule has 1 N–H and O–H groups in total. The van der Waals surface area contributed by atoms with Crippen molar-refractivity contribution < 1.29 is 18.7 Å². The number of H-pyrrole nitrogens is 1. The van der Waals surface area contributed by atoms with E-state index in [1.54, 1.807) is 24.1 Å². The smallest absolute Gasteiger partial charge is 0.289 e. The zero-order valence-electron chi connectivity index (χ0n) is 19.2. The van der Waals surface area contributed by atoms with E-state index in [4.69, 9.17) is 13.9 Å². The van der Waals surface area contributed by atoms with E-state index < -0.39 is 0 Å². The summed E-state index contributed by atoms with van der Waals surface area (Å²) in [5.41, 5.74) is 4.52. The molecule has 5 rings (SSSR count). The number of hydrogen-bond donors (Lipinski definition) is 1. The molecule has 33 heavy (non-hydrogen) atoms. The van der Waals surface area contributed by atoms with E-state index >= 15 is 0 Å². The van der Waals surface area contributed by atoms with Crippen LogP contribution in [0, 0.1) is 0 Å². The molecule has 0 radical (unpaired) electrons. The molecule has 0 atom stereocenters. The van der Waals surface area contributed by atoms with Crippen molar-refractivity contribution >= 4 is 5.91 Å². The van der Waals surface area contributed by atoms with Crippen molar-refractivity contribution in [3.05, 3.63) is 70.4 Å². The van der Waals surface area contributed by atoms with E-state index in [1.807, 2.05) is 6.07 Å². The summed E-state index contributed by atoms with van der Waals surface area (Å²) in [4.78, 5) is 17.1. The topological polar surface area (TPSA) is 83.8 Å². The standard InChI is InChI=1S/C25H30N4O4/c1-28(15-20-12-22(27-26-20)18-4-5-18)13-17-3-7-23-19(11-17)14-29(9-10-32-23)25(30)24-8-6-21(33-24)16-31-2/h3,6-8,11-12,18H,4-5,9-10,13-16H2,1-2H3,(H,26,27). The molecule has 8 heteroatoms. The van der Waals surface area contributed by atoms with Crippen molar-refractivity contribution in [1.29, 1.82) is 0 Å². The second-order valence-corrected chi connectivity index (χ2v) is 8.98. The Labute approximate surface area is 193 Å². The number of rotatable bonds is 8. The van der Waals surface area contributed by atoms with Gasteiger partial charge < -0.3 is 18.8 Å². The van der Waals surface area contributed by atoms with Crippen LogP contribution in [-0.4, -0.2) is 53.2 Å². The summed E-state index contributed by atoms with van der Waals surface area (Å²) in [6.45, 7) is 3.38. The van der Waals surface area contributed by atoms with Gasteiger partial charge in [-0.2, -0.15) is 5.10 Å². The number of furan rings is 1. The number of carbonyl (C=O) groups excluding carboxylic acids is 1. The molecule has 1 aliphatic heterocycles. The lowest BCUT2D eigenvalue weighted by Gasteiger charge is -2.19. The molecule has 8 nitrogen and oxygen atoms in total. The largest absolute Gasteiger partial charge is 0.491 e. The lowest BCUT2D eigenvalue weighted by atomic mass is 10.1. The highest BCUT2D eigenvalue weighted by Crippen LogP contribution is 2.39. The van der Waals surface area contributed by atoms with E-state index in [1.165, 1.54) is 24.1 Å². The number of amides is 1. The normalized spacial score (nSPS) is 15.9. The van der Waals surface area contributed by atoms with Crippen molar-refractivity contribution in [2.75, 3.05) is 27.3 Å². The number of nitrogens with zero attached hydrogens (tertiary/aromatic N) is 3. The number of fused-ring (bicyclic) bond motifs is 1. The molecule has 0 unspecified atom stereocenters. The average Bonchev–Trinajstić information content (AvgIpc) is 3.44. The second kappa shape index (κ2) is 9.41. The van der Waals surface area contributed by atoms with Crippen LogP contribution < -0.4 is 4.74 Å². The van der Waals surface area contributed by atoms with Crippen LogP contribution in [0.4, 0.5) is 0 Å². The monoisotopic (exact) mass is 450 g/mol. The number of ether oxygens (including phenoxy) is 2. The van der Waals surface area contributed by atoms with Gasteiger partial charge in [0.1, 0.15) is 24.7 Å². The summed E-state index contributed by atoms with van der Waals surface area (Å²) in [7, 11) is 3.70. The third-order valence-corrected chi connectivity index (χ3v) is 6.09. The first-order valence-corrected chi connectivity index (χ1v) is 11.4. The summed E-state index contributed by atoms with van der Waals surface area (Å²) < 4.78 is 16.7. The zero-order chi connectivity index (χ0) is 22.8. The van der Waals surface area contributed by atoms with Crippen LogP contribution in [-0.2, 0) is 31.0 Å².